The molecule has 1 N–H and O–H groups in total. The van der Waals surface area contributed by atoms with E-state index in [2.05, 4.69) is 76.3 Å². The highest BCUT2D eigenvalue weighted by Gasteiger charge is 2.20. The van der Waals surface area contributed by atoms with Crippen molar-refractivity contribution in [2.24, 2.45) is 0 Å². The molecule has 1 aliphatic rings. The Balaban J connectivity index is 0.00000166. The van der Waals surface area contributed by atoms with E-state index in [0.717, 1.165) is 37.4 Å². The van der Waals surface area contributed by atoms with Crippen molar-refractivity contribution in [1.29, 1.82) is 0 Å². The van der Waals surface area contributed by atoms with Crippen molar-refractivity contribution in [3.05, 3.63) is 65.1 Å². The molecule has 168 valence electrons. The minimum Gasteiger partial charge on any atom is -0.375 e. The predicted molar refractivity (Wildman–Crippen MR) is 131 cm³/mol. The van der Waals surface area contributed by atoms with Gasteiger partial charge in [0.15, 0.2) is 0 Å². The van der Waals surface area contributed by atoms with Crippen LogP contribution < -0.4 is 0 Å². The second-order valence-electron chi connectivity index (χ2n) is 7.61. The van der Waals surface area contributed by atoms with Gasteiger partial charge in [0.1, 0.15) is 0 Å². The molecule has 1 aromatic heterocycles. The summed E-state index contributed by atoms with van der Waals surface area (Å²) in [4.78, 5) is 3.83. The van der Waals surface area contributed by atoms with E-state index < -0.39 is 0 Å². The molecule has 3 rings (SSSR count). The van der Waals surface area contributed by atoms with E-state index in [4.69, 9.17) is 4.74 Å². The number of tetrazole rings is 1. The summed E-state index contributed by atoms with van der Waals surface area (Å²) in [6, 6.07) is 8.27. The van der Waals surface area contributed by atoms with E-state index in [-0.39, 0.29) is 5.60 Å². The molecule has 0 bridgehead atoms. The van der Waals surface area contributed by atoms with E-state index >= 15 is 0 Å². The van der Waals surface area contributed by atoms with Gasteiger partial charge in [0.2, 0.25) is 5.82 Å². The SMILES string of the molecule is C=C/C=C1\C/C(=C\C(C)(C)OC)CN(Cc2ccccc2-c2nn[nH]n2)CCS1.CC. The summed E-state index contributed by atoms with van der Waals surface area (Å²) >= 11 is 1.90. The molecule has 6 nitrogen and oxygen atoms in total. The Kier molecular flexibility index (Phi) is 10.2. The topological polar surface area (TPSA) is 66.9 Å². The van der Waals surface area contributed by atoms with Gasteiger partial charge in [0.25, 0.3) is 0 Å². The maximum absolute atomic E-state index is 5.66. The minimum absolute atomic E-state index is 0.299. The average Bonchev–Trinajstić information content (AvgIpc) is 3.28. The quantitative estimate of drug-likeness (QED) is 0.617. The summed E-state index contributed by atoms with van der Waals surface area (Å²) in [6.07, 6.45) is 7.18. The first-order chi connectivity index (χ1) is 15.0. The van der Waals surface area contributed by atoms with Gasteiger partial charge >= 0.3 is 0 Å². The molecule has 0 aliphatic carbocycles. The van der Waals surface area contributed by atoms with Crippen LogP contribution in [0.5, 0.6) is 0 Å². The molecule has 1 saturated heterocycles. The summed E-state index contributed by atoms with van der Waals surface area (Å²) in [5.41, 5.74) is 3.28. The lowest BCUT2D eigenvalue weighted by Gasteiger charge is -2.29. The van der Waals surface area contributed by atoms with Crippen LogP contribution in [0, 0.1) is 0 Å². The summed E-state index contributed by atoms with van der Waals surface area (Å²) in [6.45, 7) is 14.8. The Hall–Kier alpha value is -2.22. The van der Waals surface area contributed by atoms with Crippen LogP contribution in [0.15, 0.2) is 59.6 Å². The Morgan fingerprint density at radius 1 is 1.29 bits per heavy atom. The Labute approximate surface area is 190 Å². The molecule has 1 aliphatic heterocycles. The van der Waals surface area contributed by atoms with Crippen LogP contribution >= 0.6 is 11.8 Å². The highest BCUT2D eigenvalue weighted by Crippen LogP contribution is 2.30. The van der Waals surface area contributed by atoms with Crippen LogP contribution in [0.1, 0.15) is 39.7 Å². The summed E-state index contributed by atoms with van der Waals surface area (Å²) in [7, 11) is 1.76. The second-order valence-corrected chi connectivity index (χ2v) is 8.83. The number of nitrogens with one attached hydrogen (secondary N) is 1. The van der Waals surface area contributed by atoms with Gasteiger partial charge in [-0.1, -0.05) is 68.5 Å². The molecule has 0 atom stereocenters. The van der Waals surface area contributed by atoms with Crippen molar-refractivity contribution in [2.75, 3.05) is 26.0 Å². The molecule has 1 fully saturated rings. The number of methoxy groups -OCH3 is 1. The minimum atomic E-state index is -0.299. The third kappa shape index (κ3) is 7.76. The zero-order chi connectivity index (χ0) is 22.7. The number of allylic oxidation sites excluding steroid dienone is 3. The molecule has 0 amide bonds. The van der Waals surface area contributed by atoms with Gasteiger partial charge in [-0.2, -0.15) is 5.21 Å². The summed E-state index contributed by atoms with van der Waals surface area (Å²) in [5, 5.41) is 14.6. The van der Waals surface area contributed by atoms with Crippen LogP contribution in [0.4, 0.5) is 0 Å². The van der Waals surface area contributed by atoms with Crippen LogP contribution in [0.25, 0.3) is 11.4 Å². The highest BCUT2D eigenvalue weighted by atomic mass is 32.2. The van der Waals surface area contributed by atoms with Crippen LogP contribution in [-0.2, 0) is 11.3 Å². The number of aromatic nitrogens is 4. The van der Waals surface area contributed by atoms with E-state index in [1.54, 1.807) is 7.11 Å². The monoisotopic (exact) mass is 441 g/mol. The number of aromatic amines is 1. The lowest BCUT2D eigenvalue weighted by molar-refractivity contribution is 0.0643. The molecule has 0 unspecified atom stereocenters. The molecule has 0 radical (unpaired) electrons. The van der Waals surface area contributed by atoms with Crippen molar-refractivity contribution >= 4 is 11.8 Å². The molecular weight excluding hydrogens is 406 g/mol. The molecule has 2 aromatic rings. The normalized spacial score (nSPS) is 18.2. The van der Waals surface area contributed by atoms with E-state index in [1.165, 1.54) is 16.0 Å². The van der Waals surface area contributed by atoms with E-state index in [9.17, 15) is 0 Å². The third-order valence-corrected chi connectivity index (χ3v) is 5.94. The molecule has 1 aromatic carbocycles. The largest absolute Gasteiger partial charge is 0.375 e. The van der Waals surface area contributed by atoms with E-state index in [0.29, 0.717) is 5.82 Å². The molecule has 31 heavy (non-hydrogen) atoms. The second kappa shape index (κ2) is 12.6. The van der Waals surface area contributed by atoms with Crippen LogP contribution in [0.3, 0.4) is 0 Å². The smallest absolute Gasteiger partial charge is 0.204 e. The molecule has 0 spiro atoms. The highest BCUT2D eigenvalue weighted by molar-refractivity contribution is 8.03. The first kappa shape index (κ1) is 25.0. The van der Waals surface area contributed by atoms with Crippen molar-refractivity contribution in [3.8, 4) is 11.4 Å². The molecule has 7 heteroatoms. The van der Waals surface area contributed by atoms with Crippen LogP contribution in [-0.4, -0.2) is 57.1 Å². The zero-order valence-electron chi connectivity index (χ0n) is 19.4. The number of rotatable bonds is 6. The number of hydrogen-bond acceptors (Lipinski definition) is 6. The Morgan fingerprint density at radius 3 is 2.74 bits per heavy atom. The number of hydrogen-bond donors (Lipinski definition) is 1. The number of H-pyrrole nitrogens is 1. The molecule has 0 saturated carbocycles. The fraction of sp³-hybridized carbons (Fsp3) is 0.458. The maximum atomic E-state index is 5.66. The standard InChI is InChI=1S/C22H29N5OS.C2H6/c1-5-8-19-13-17(14-22(2,3)28-4)15-27(11-12-29-19)16-18-9-6-7-10-20(18)21-23-25-26-24-21;1-2/h5-10,14H,1,11-13,15-16H2,2-4H3,(H,23,24,25,26);1-2H3/b17-14+,19-8+;. The number of ether oxygens (including phenoxy) is 1. The van der Waals surface area contributed by atoms with E-state index in [1.807, 2.05) is 37.8 Å². The Bertz CT molecular complexity index is 874. The lowest BCUT2D eigenvalue weighted by Crippen LogP contribution is -2.31. The first-order valence-corrected chi connectivity index (χ1v) is 11.7. The fourth-order valence-electron chi connectivity index (χ4n) is 3.42. The van der Waals surface area contributed by atoms with Gasteiger partial charge in [-0.05, 0) is 29.5 Å². The first-order valence-electron chi connectivity index (χ1n) is 10.7. The predicted octanol–water partition coefficient (Wildman–Crippen LogP) is 5.25. The fourth-order valence-corrected chi connectivity index (χ4v) is 4.51. The molecule has 2 heterocycles. The number of thioether (sulfide) groups is 1. The average molecular weight is 442 g/mol. The van der Waals surface area contributed by atoms with Gasteiger partial charge in [0.05, 0.1) is 5.60 Å². The van der Waals surface area contributed by atoms with Crippen molar-refractivity contribution in [1.82, 2.24) is 25.5 Å². The number of benzene rings is 1. The van der Waals surface area contributed by atoms with Gasteiger partial charge in [-0.25, -0.2) is 0 Å². The Morgan fingerprint density at radius 2 is 2.06 bits per heavy atom. The third-order valence-electron chi connectivity index (χ3n) is 4.90. The summed E-state index contributed by atoms with van der Waals surface area (Å²) in [5.74, 6) is 1.68. The maximum Gasteiger partial charge on any atom is 0.204 e. The van der Waals surface area contributed by atoms with Gasteiger partial charge in [-0.15, -0.1) is 22.0 Å². The van der Waals surface area contributed by atoms with Gasteiger partial charge < -0.3 is 4.74 Å². The van der Waals surface area contributed by atoms with Crippen molar-refractivity contribution in [3.63, 3.8) is 0 Å². The number of nitrogens with zero attached hydrogens (tertiary/aromatic N) is 4. The van der Waals surface area contributed by atoms with Crippen molar-refractivity contribution < 1.29 is 4.74 Å². The van der Waals surface area contributed by atoms with Gasteiger partial charge in [0, 0.05) is 44.5 Å². The summed E-state index contributed by atoms with van der Waals surface area (Å²) < 4.78 is 5.66. The van der Waals surface area contributed by atoms with Crippen LogP contribution in [0.2, 0.25) is 0 Å². The molecular formula is C24H35N5OS. The van der Waals surface area contributed by atoms with Crippen molar-refractivity contribution in [2.45, 2.75) is 46.3 Å². The van der Waals surface area contributed by atoms with Gasteiger partial charge in [-0.3, -0.25) is 4.90 Å². The lowest BCUT2D eigenvalue weighted by atomic mass is 10.0. The zero-order valence-corrected chi connectivity index (χ0v) is 20.2.